The molecule has 0 aliphatic heterocycles. The van der Waals surface area contributed by atoms with Gasteiger partial charge >= 0.3 is 0 Å². The van der Waals surface area contributed by atoms with Crippen molar-refractivity contribution in [1.29, 1.82) is 0 Å². The van der Waals surface area contributed by atoms with Gasteiger partial charge in [-0.05, 0) is 51.0 Å². The molecule has 5 heteroatoms. The fraction of sp³-hybridized carbons (Fsp3) is 0.190. The quantitative estimate of drug-likeness (QED) is 0.630. The van der Waals surface area contributed by atoms with E-state index in [4.69, 9.17) is 0 Å². The van der Waals surface area contributed by atoms with E-state index in [9.17, 15) is 4.79 Å². The molecule has 0 fully saturated rings. The highest BCUT2D eigenvalue weighted by atomic mass is 16.1. The highest BCUT2D eigenvalue weighted by molar-refractivity contribution is 5.95. The number of aromatic nitrogens is 2. The van der Waals surface area contributed by atoms with E-state index in [0.29, 0.717) is 17.2 Å². The van der Waals surface area contributed by atoms with Crippen LogP contribution in [0.25, 0.3) is 0 Å². The summed E-state index contributed by atoms with van der Waals surface area (Å²) in [4.78, 5) is 20.1. The number of carbonyl (C=O) groups excluding carboxylic acids is 1. The van der Waals surface area contributed by atoms with Crippen molar-refractivity contribution in [3.8, 4) is 0 Å². The number of nitrogens with one attached hydrogen (secondary N) is 2. The van der Waals surface area contributed by atoms with Gasteiger partial charge in [0.2, 0.25) is 0 Å². The molecule has 2 aromatic carbocycles. The number of benzene rings is 2. The van der Waals surface area contributed by atoms with Gasteiger partial charge in [0.25, 0.3) is 0 Å². The molecular weight excluding hydrogens is 324 g/mol. The molecule has 2 N–H and O–H groups in total. The molecule has 0 aliphatic carbocycles. The molecule has 3 aromatic rings. The van der Waals surface area contributed by atoms with E-state index in [1.54, 1.807) is 13.0 Å². The van der Waals surface area contributed by atoms with Gasteiger partial charge in [0.05, 0.1) is 0 Å². The van der Waals surface area contributed by atoms with Gasteiger partial charge in [-0.1, -0.05) is 29.8 Å². The van der Waals surface area contributed by atoms with Crippen LogP contribution in [0.2, 0.25) is 0 Å². The van der Waals surface area contributed by atoms with Crippen LogP contribution in [0.15, 0.2) is 48.8 Å². The third-order valence-electron chi connectivity index (χ3n) is 4.14. The minimum Gasteiger partial charge on any atom is -0.340 e. The van der Waals surface area contributed by atoms with Gasteiger partial charge in [-0.25, -0.2) is 9.97 Å². The molecule has 0 saturated heterocycles. The SMILES string of the molecule is CC(=O)c1cccc(Nc2cc(Nc3c(C)cc(C)cc3C)ncn2)c1. The zero-order chi connectivity index (χ0) is 18.7. The Morgan fingerprint density at radius 1 is 0.885 bits per heavy atom. The van der Waals surface area contributed by atoms with E-state index in [-0.39, 0.29) is 5.78 Å². The summed E-state index contributed by atoms with van der Waals surface area (Å²) in [6.07, 6.45) is 1.51. The molecule has 0 radical (unpaired) electrons. The first kappa shape index (κ1) is 17.6. The van der Waals surface area contributed by atoms with Crippen LogP contribution in [-0.4, -0.2) is 15.8 Å². The van der Waals surface area contributed by atoms with Crippen LogP contribution < -0.4 is 10.6 Å². The zero-order valence-corrected chi connectivity index (χ0v) is 15.4. The molecular formula is C21H22N4O. The Labute approximate surface area is 153 Å². The van der Waals surface area contributed by atoms with Crippen molar-refractivity contribution in [3.63, 3.8) is 0 Å². The van der Waals surface area contributed by atoms with E-state index in [1.807, 2.05) is 24.3 Å². The first-order valence-corrected chi connectivity index (χ1v) is 8.47. The van der Waals surface area contributed by atoms with Gasteiger partial charge in [0.15, 0.2) is 5.78 Å². The molecule has 26 heavy (non-hydrogen) atoms. The minimum atomic E-state index is 0.0315. The highest BCUT2D eigenvalue weighted by Crippen LogP contribution is 2.26. The number of rotatable bonds is 5. The molecule has 0 spiro atoms. The summed E-state index contributed by atoms with van der Waals surface area (Å²) in [7, 11) is 0. The molecule has 132 valence electrons. The van der Waals surface area contributed by atoms with Gasteiger partial charge < -0.3 is 10.6 Å². The smallest absolute Gasteiger partial charge is 0.159 e. The Bertz CT molecular complexity index is 943. The standard InChI is InChI=1S/C21H22N4O/c1-13-8-14(2)21(15(3)9-13)25-20-11-19(22-12-23-20)24-18-7-5-6-17(10-18)16(4)26/h5-12H,1-4H3,(H2,22,23,24,25). The lowest BCUT2D eigenvalue weighted by molar-refractivity contribution is 0.101. The van der Waals surface area contributed by atoms with Gasteiger partial charge in [-0.2, -0.15) is 0 Å². The van der Waals surface area contributed by atoms with Gasteiger partial charge in [-0.15, -0.1) is 0 Å². The Balaban J connectivity index is 1.83. The highest BCUT2D eigenvalue weighted by Gasteiger charge is 2.07. The summed E-state index contributed by atoms with van der Waals surface area (Å²) < 4.78 is 0. The summed E-state index contributed by atoms with van der Waals surface area (Å²) in [6.45, 7) is 7.80. The van der Waals surface area contributed by atoms with Crippen molar-refractivity contribution in [1.82, 2.24) is 9.97 Å². The second-order valence-corrected chi connectivity index (χ2v) is 6.45. The Morgan fingerprint density at radius 3 is 2.19 bits per heavy atom. The number of carbonyl (C=O) groups is 1. The Kier molecular flexibility index (Phi) is 4.98. The van der Waals surface area contributed by atoms with E-state index < -0.39 is 0 Å². The third kappa shape index (κ3) is 4.06. The molecule has 0 aliphatic rings. The monoisotopic (exact) mass is 346 g/mol. The van der Waals surface area contributed by atoms with Crippen LogP contribution in [0.1, 0.15) is 34.0 Å². The average molecular weight is 346 g/mol. The lowest BCUT2D eigenvalue weighted by Crippen LogP contribution is -2.02. The predicted molar refractivity (Wildman–Crippen MR) is 106 cm³/mol. The molecule has 0 atom stereocenters. The van der Waals surface area contributed by atoms with Crippen molar-refractivity contribution in [2.75, 3.05) is 10.6 Å². The summed E-state index contributed by atoms with van der Waals surface area (Å²) in [5, 5.41) is 6.60. The molecule has 1 aromatic heterocycles. The fourth-order valence-corrected chi connectivity index (χ4v) is 2.96. The molecule has 5 nitrogen and oxygen atoms in total. The molecule has 0 saturated carbocycles. The number of nitrogens with zero attached hydrogens (tertiary/aromatic N) is 2. The lowest BCUT2D eigenvalue weighted by atomic mass is 10.1. The summed E-state index contributed by atoms with van der Waals surface area (Å²) >= 11 is 0. The Hall–Kier alpha value is -3.21. The zero-order valence-electron chi connectivity index (χ0n) is 15.4. The number of anilines is 4. The maximum absolute atomic E-state index is 11.5. The lowest BCUT2D eigenvalue weighted by Gasteiger charge is -2.14. The first-order chi connectivity index (χ1) is 12.4. The summed E-state index contributed by atoms with van der Waals surface area (Å²) in [5.74, 6) is 1.40. The van der Waals surface area contributed by atoms with Crippen molar-refractivity contribution in [2.45, 2.75) is 27.7 Å². The van der Waals surface area contributed by atoms with Crippen molar-refractivity contribution in [2.24, 2.45) is 0 Å². The molecule has 3 rings (SSSR count). The second-order valence-electron chi connectivity index (χ2n) is 6.45. The number of hydrogen-bond acceptors (Lipinski definition) is 5. The maximum Gasteiger partial charge on any atom is 0.159 e. The van der Waals surface area contributed by atoms with E-state index in [0.717, 1.165) is 11.4 Å². The minimum absolute atomic E-state index is 0.0315. The van der Waals surface area contributed by atoms with Crippen molar-refractivity contribution in [3.05, 3.63) is 71.0 Å². The van der Waals surface area contributed by atoms with Crippen LogP contribution in [0.4, 0.5) is 23.0 Å². The third-order valence-corrected chi connectivity index (χ3v) is 4.14. The number of Topliss-reactive ketones (excluding diaryl/α,β-unsaturated/α-hetero) is 1. The molecule has 1 heterocycles. The summed E-state index contributed by atoms with van der Waals surface area (Å²) in [6, 6.07) is 13.5. The van der Waals surface area contributed by atoms with Crippen molar-refractivity contribution >= 4 is 28.8 Å². The number of hydrogen-bond donors (Lipinski definition) is 2. The van der Waals surface area contributed by atoms with E-state index in [2.05, 4.69) is 53.5 Å². The van der Waals surface area contributed by atoms with Crippen LogP contribution in [0, 0.1) is 20.8 Å². The second kappa shape index (κ2) is 7.35. The first-order valence-electron chi connectivity index (χ1n) is 8.47. The number of aryl methyl sites for hydroxylation is 3. The number of ketones is 1. The Morgan fingerprint density at radius 2 is 1.54 bits per heavy atom. The summed E-state index contributed by atoms with van der Waals surface area (Å²) in [5.41, 5.74) is 6.10. The predicted octanol–water partition coefficient (Wildman–Crippen LogP) is 5.09. The van der Waals surface area contributed by atoms with Crippen LogP contribution in [0.3, 0.4) is 0 Å². The van der Waals surface area contributed by atoms with Crippen LogP contribution in [-0.2, 0) is 0 Å². The van der Waals surface area contributed by atoms with E-state index >= 15 is 0 Å². The topological polar surface area (TPSA) is 66.9 Å². The maximum atomic E-state index is 11.5. The molecule has 0 unspecified atom stereocenters. The van der Waals surface area contributed by atoms with Gasteiger partial charge in [0, 0.05) is 23.0 Å². The normalized spacial score (nSPS) is 10.5. The van der Waals surface area contributed by atoms with Crippen molar-refractivity contribution < 1.29 is 4.79 Å². The largest absolute Gasteiger partial charge is 0.340 e. The van der Waals surface area contributed by atoms with Gasteiger partial charge in [0.1, 0.15) is 18.0 Å². The van der Waals surface area contributed by atoms with Crippen LogP contribution in [0.5, 0.6) is 0 Å². The van der Waals surface area contributed by atoms with Crippen LogP contribution >= 0.6 is 0 Å². The molecule has 0 amide bonds. The molecule has 0 bridgehead atoms. The van der Waals surface area contributed by atoms with E-state index in [1.165, 1.54) is 23.0 Å². The van der Waals surface area contributed by atoms with Gasteiger partial charge in [-0.3, -0.25) is 4.79 Å². The fourth-order valence-electron chi connectivity index (χ4n) is 2.96. The average Bonchev–Trinajstić information content (AvgIpc) is 2.58.